The van der Waals surface area contributed by atoms with E-state index in [1.165, 1.54) is 154 Å². The Morgan fingerprint density at radius 1 is 0.483 bits per heavy atom. The average molecular weight is 923 g/mol. The quantitative estimate of drug-likeness (QED) is 0.105. The Morgan fingerprint density at radius 2 is 0.800 bits per heavy atom. The standard InChI is InChI=1S/2C27H27.C2H6Si.2ClH.Zr/c2*1-2-27(15-5-6-16-27)19-20-17-22-11-8-14-25(26(22)18-20)24-13-7-10-21-9-3-4-12-23(21)24;1-3-2;;;/h2*3-4,7-14,17-18H,2,5-6,15-16,19H2,1H3;1-2H3;2*1H;/q2*-1;;;;+4/p-2. The minimum absolute atomic E-state index is 0.546. The van der Waals surface area contributed by atoms with Crippen molar-refractivity contribution in [2.75, 3.05) is 0 Å². The molecule has 2 saturated carbocycles. The Bertz CT molecular complexity index is 2410. The maximum absolute atomic E-state index is 4.93. The fraction of sp³-hybridized carbons (Fsp3) is 0.321. The van der Waals surface area contributed by atoms with E-state index in [1.54, 1.807) is 0 Å². The molecule has 4 heteroatoms. The molecule has 2 aliphatic rings. The van der Waals surface area contributed by atoms with Crippen LogP contribution in [0.2, 0.25) is 13.1 Å². The van der Waals surface area contributed by atoms with E-state index in [9.17, 15) is 0 Å². The van der Waals surface area contributed by atoms with Crippen LogP contribution >= 0.6 is 17.0 Å². The van der Waals surface area contributed by atoms with Crippen molar-refractivity contribution in [2.45, 2.75) is 104 Å². The van der Waals surface area contributed by atoms with Crippen molar-refractivity contribution in [3.63, 3.8) is 0 Å². The van der Waals surface area contributed by atoms with Gasteiger partial charge < -0.3 is 0 Å². The minimum atomic E-state index is -0.826. The first-order valence-electron chi connectivity index (χ1n) is 22.3. The van der Waals surface area contributed by atoms with Gasteiger partial charge in [-0.05, 0) is 82.0 Å². The van der Waals surface area contributed by atoms with Gasteiger partial charge in [0.25, 0.3) is 0 Å². The normalized spacial score (nSPS) is 15.2. The van der Waals surface area contributed by atoms with E-state index in [1.807, 2.05) is 0 Å². The molecule has 0 heterocycles. The summed E-state index contributed by atoms with van der Waals surface area (Å²) in [6.45, 7) is 9.07. The van der Waals surface area contributed by atoms with Crippen molar-refractivity contribution in [2.24, 2.45) is 10.8 Å². The van der Waals surface area contributed by atoms with Gasteiger partial charge >= 0.3 is 37.9 Å². The molecule has 0 bridgehead atoms. The molecule has 0 spiro atoms. The zero-order valence-electron chi connectivity index (χ0n) is 36.1. The van der Waals surface area contributed by atoms with Crippen LogP contribution in [0.15, 0.2) is 146 Å². The van der Waals surface area contributed by atoms with E-state index in [2.05, 4.69) is 173 Å². The number of benzene rings is 6. The van der Waals surface area contributed by atoms with Crippen molar-refractivity contribution in [1.82, 2.24) is 0 Å². The van der Waals surface area contributed by atoms with Gasteiger partial charge in [-0.1, -0.05) is 174 Å². The SMILES string of the molecule is CCC1(Cc2cc3c(-c4cccc5ccccc45)cccc3[cH-]2)CCCC1.CCC1(Cc2cc3c(-c4cccc5ccccc45)cccc3[cH-]2)CCCC1.C[Si]C.[Cl][Zr+2][Cl]. The molecule has 306 valence electrons. The van der Waals surface area contributed by atoms with E-state index in [0.29, 0.717) is 10.8 Å². The zero-order chi connectivity index (χ0) is 42.0. The fourth-order valence-electron chi connectivity index (χ4n) is 10.6. The summed E-state index contributed by atoms with van der Waals surface area (Å²) < 4.78 is 0. The number of fused-ring (bicyclic) bond motifs is 4. The monoisotopic (exact) mass is 920 g/mol. The van der Waals surface area contributed by atoms with Crippen LogP contribution in [0.3, 0.4) is 0 Å². The molecular weight excluding hydrogens is 863 g/mol. The van der Waals surface area contributed by atoms with Crippen LogP contribution in [0.1, 0.15) is 89.2 Å². The molecule has 0 N–H and O–H groups in total. The third-order valence-electron chi connectivity index (χ3n) is 13.8. The summed E-state index contributed by atoms with van der Waals surface area (Å²) in [5, 5.41) is 10.9. The molecule has 0 nitrogen and oxygen atoms in total. The number of halogens is 2. The molecular formula is C56H60Cl2SiZr. The molecule has 10 rings (SSSR count). The number of hydrogen-bond donors (Lipinski definition) is 0. The van der Waals surface area contributed by atoms with Crippen molar-refractivity contribution < 1.29 is 20.8 Å². The molecule has 2 radical (unpaired) electrons. The molecule has 2 fully saturated rings. The summed E-state index contributed by atoms with van der Waals surface area (Å²) in [6, 6.07) is 54.2. The van der Waals surface area contributed by atoms with Gasteiger partial charge in [-0.3, -0.25) is 0 Å². The second-order valence-corrected chi connectivity index (χ2v) is 22.2. The van der Waals surface area contributed by atoms with Crippen LogP contribution in [-0.2, 0) is 33.7 Å². The Morgan fingerprint density at radius 3 is 1.17 bits per heavy atom. The van der Waals surface area contributed by atoms with Gasteiger partial charge in [0.1, 0.15) is 0 Å². The number of rotatable bonds is 8. The van der Waals surface area contributed by atoms with E-state index in [-0.39, 0.29) is 0 Å². The van der Waals surface area contributed by atoms with E-state index < -0.39 is 20.8 Å². The first kappa shape index (κ1) is 44.8. The predicted octanol–water partition coefficient (Wildman–Crippen LogP) is 17.9. The zero-order valence-corrected chi connectivity index (χ0v) is 41.1. The fourth-order valence-corrected chi connectivity index (χ4v) is 10.6. The summed E-state index contributed by atoms with van der Waals surface area (Å²) in [7, 11) is 11.0. The molecule has 0 aliphatic heterocycles. The molecule has 0 unspecified atom stereocenters. The first-order valence-corrected chi connectivity index (χ1v) is 30.6. The van der Waals surface area contributed by atoms with E-state index in [4.69, 9.17) is 17.0 Å². The molecule has 2 aliphatic carbocycles. The molecule has 8 aromatic rings. The molecule has 0 amide bonds. The van der Waals surface area contributed by atoms with Gasteiger partial charge in [-0.15, -0.1) is 69.1 Å². The maximum atomic E-state index is 4.93. The third kappa shape index (κ3) is 10.2. The summed E-state index contributed by atoms with van der Waals surface area (Å²) in [6.07, 6.45) is 16.4. The van der Waals surface area contributed by atoms with Gasteiger partial charge in [0.2, 0.25) is 0 Å². The molecule has 0 saturated heterocycles. The molecule has 8 aromatic carbocycles. The van der Waals surface area contributed by atoms with Crippen LogP contribution in [0.5, 0.6) is 0 Å². The van der Waals surface area contributed by atoms with Crippen molar-refractivity contribution in [1.29, 1.82) is 0 Å². The van der Waals surface area contributed by atoms with Gasteiger partial charge in [-0.25, -0.2) is 0 Å². The first-order chi connectivity index (χ1) is 29.4. The van der Waals surface area contributed by atoms with Crippen molar-refractivity contribution in [3.05, 3.63) is 157 Å². The Labute approximate surface area is 381 Å². The van der Waals surface area contributed by atoms with Gasteiger partial charge in [0, 0.05) is 9.52 Å². The van der Waals surface area contributed by atoms with Gasteiger partial charge in [0.15, 0.2) is 0 Å². The van der Waals surface area contributed by atoms with Gasteiger partial charge in [0.05, 0.1) is 0 Å². The number of hydrogen-bond acceptors (Lipinski definition) is 0. The van der Waals surface area contributed by atoms with Crippen LogP contribution in [-0.4, -0.2) is 9.52 Å². The van der Waals surface area contributed by atoms with E-state index in [0.717, 1.165) is 9.52 Å². The molecule has 0 aromatic heterocycles. The topological polar surface area (TPSA) is 0 Å². The second kappa shape index (κ2) is 21.2. The Balaban J connectivity index is 0.000000161. The average Bonchev–Trinajstić information content (AvgIpc) is 4.11. The van der Waals surface area contributed by atoms with Gasteiger partial charge in [-0.2, -0.15) is 12.1 Å². The summed E-state index contributed by atoms with van der Waals surface area (Å²) in [5.41, 5.74) is 9.58. The van der Waals surface area contributed by atoms with Crippen molar-refractivity contribution in [3.8, 4) is 22.3 Å². The summed E-state index contributed by atoms with van der Waals surface area (Å²) >= 11 is -0.826. The second-order valence-electron chi connectivity index (χ2n) is 17.4. The molecule has 0 atom stereocenters. The Hall–Kier alpha value is -3.26. The molecule has 60 heavy (non-hydrogen) atoms. The van der Waals surface area contributed by atoms with E-state index >= 15 is 0 Å². The summed E-state index contributed by atoms with van der Waals surface area (Å²) in [4.78, 5) is 0. The van der Waals surface area contributed by atoms with Crippen LogP contribution in [0, 0.1) is 10.8 Å². The Kier molecular flexibility index (Phi) is 15.8. The third-order valence-corrected chi connectivity index (χ3v) is 13.8. The van der Waals surface area contributed by atoms with Crippen LogP contribution in [0.4, 0.5) is 0 Å². The van der Waals surface area contributed by atoms with Crippen LogP contribution < -0.4 is 0 Å². The predicted molar refractivity (Wildman–Crippen MR) is 264 cm³/mol. The van der Waals surface area contributed by atoms with Crippen LogP contribution in [0.25, 0.3) is 65.3 Å². The van der Waals surface area contributed by atoms with Crippen molar-refractivity contribution >= 4 is 69.6 Å². The summed E-state index contributed by atoms with van der Waals surface area (Å²) in [5.74, 6) is 0.